The molecule has 142 valence electrons. The highest BCUT2D eigenvalue weighted by Crippen LogP contribution is 2.32. The Morgan fingerprint density at radius 2 is 1.89 bits per heavy atom. The average molecular weight is 382 g/mol. The molecule has 3 aromatic rings. The molecule has 1 aromatic heterocycles. The summed E-state index contributed by atoms with van der Waals surface area (Å²) in [6.45, 7) is 3.66. The number of allylic oxidation sites excluding steroid dienone is 1. The number of ketones is 1. The van der Waals surface area contributed by atoms with Crippen LogP contribution in [-0.2, 0) is 0 Å². The number of aryl methyl sites for hydroxylation is 1. The number of ether oxygens (including phenoxy) is 2. The summed E-state index contributed by atoms with van der Waals surface area (Å²) in [5, 5.41) is 4.32. The first-order valence-corrected chi connectivity index (χ1v) is 8.58. The second-order valence-corrected chi connectivity index (χ2v) is 6.36. The van der Waals surface area contributed by atoms with Gasteiger partial charge in [0.1, 0.15) is 11.5 Å². The number of rotatable bonds is 4. The van der Waals surface area contributed by atoms with Crippen LogP contribution in [0.15, 0.2) is 42.5 Å². The van der Waals surface area contributed by atoms with Crippen LogP contribution in [-0.4, -0.2) is 22.4 Å². The van der Waals surface area contributed by atoms with Crippen molar-refractivity contribution in [3.05, 3.63) is 76.6 Å². The van der Waals surface area contributed by atoms with Crippen molar-refractivity contribution in [1.82, 2.24) is 9.78 Å². The fourth-order valence-electron chi connectivity index (χ4n) is 3.09. The molecule has 2 heterocycles. The second-order valence-electron chi connectivity index (χ2n) is 6.36. The number of hydrogen-bond donors (Lipinski definition) is 0. The number of nitrogens with zero attached hydrogens (tertiary/aromatic N) is 2. The molecule has 28 heavy (non-hydrogen) atoms. The van der Waals surface area contributed by atoms with E-state index in [4.69, 9.17) is 9.47 Å². The van der Waals surface area contributed by atoms with Crippen LogP contribution < -0.4 is 9.47 Å². The normalized spacial score (nSPS) is 12.7. The predicted molar refractivity (Wildman–Crippen MR) is 98.9 cm³/mol. The molecular formula is C21H16F2N2O3. The lowest BCUT2D eigenvalue weighted by molar-refractivity contribution is 0.104. The van der Waals surface area contributed by atoms with Gasteiger partial charge in [-0.3, -0.25) is 4.79 Å². The molecule has 0 N–H and O–H groups in total. The Bertz CT molecular complexity index is 1120. The minimum Gasteiger partial charge on any atom is -0.454 e. The van der Waals surface area contributed by atoms with Crippen LogP contribution in [0.4, 0.5) is 8.78 Å². The Morgan fingerprint density at radius 1 is 1.11 bits per heavy atom. The summed E-state index contributed by atoms with van der Waals surface area (Å²) in [6.07, 6.45) is 3.07. The van der Waals surface area contributed by atoms with Gasteiger partial charge in [0.25, 0.3) is 0 Å². The second kappa shape index (κ2) is 6.92. The quantitative estimate of drug-likeness (QED) is 0.496. The smallest absolute Gasteiger partial charge is 0.231 e. The zero-order valence-corrected chi connectivity index (χ0v) is 15.2. The number of carbonyl (C=O) groups is 1. The zero-order chi connectivity index (χ0) is 19.8. The number of hydrogen-bond acceptors (Lipinski definition) is 4. The first-order valence-electron chi connectivity index (χ1n) is 8.58. The van der Waals surface area contributed by atoms with Gasteiger partial charge in [0, 0.05) is 22.9 Å². The van der Waals surface area contributed by atoms with Gasteiger partial charge >= 0.3 is 0 Å². The molecule has 0 bridgehead atoms. The van der Waals surface area contributed by atoms with E-state index in [0.717, 1.165) is 6.07 Å². The molecule has 2 aromatic carbocycles. The van der Waals surface area contributed by atoms with Crippen LogP contribution >= 0.6 is 0 Å². The van der Waals surface area contributed by atoms with Gasteiger partial charge in [0.05, 0.1) is 5.69 Å². The largest absolute Gasteiger partial charge is 0.454 e. The first-order chi connectivity index (χ1) is 13.4. The third kappa shape index (κ3) is 3.15. The zero-order valence-electron chi connectivity index (χ0n) is 15.2. The number of benzene rings is 2. The van der Waals surface area contributed by atoms with Gasteiger partial charge in [0.15, 0.2) is 23.1 Å². The van der Waals surface area contributed by atoms with E-state index in [9.17, 15) is 13.6 Å². The van der Waals surface area contributed by atoms with Crippen molar-refractivity contribution in [1.29, 1.82) is 0 Å². The summed E-state index contributed by atoms with van der Waals surface area (Å²) in [5.41, 5.74) is 2.56. The van der Waals surface area contributed by atoms with Crippen LogP contribution in [0, 0.1) is 25.5 Å². The number of fused-ring (bicyclic) bond motifs is 1. The minimum atomic E-state index is -0.711. The van der Waals surface area contributed by atoms with E-state index in [0.29, 0.717) is 34.0 Å². The Morgan fingerprint density at radius 3 is 2.68 bits per heavy atom. The standard InChI is InChI=1S/C21H16F2N2O3/c1-12-16(13(2)25(24-12)18-6-4-15(22)10-17(18)23)5-7-19(26)14-3-8-20-21(9-14)28-11-27-20/h3-10H,11H2,1-2H3/b7-5+. The summed E-state index contributed by atoms with van der Waals surface area (Å²) in [7, 11) is 0. The molecule has 0 unspecified atom stereocenters. The molecule has 4 rings (SSSR count). The fourth-order valence-corrected chi connectivity index (χ4v) is 3.09. The highest BCUT2D eigenvalue weighted by Gasteiger charge is 2.17. The molecular weight excluding hydrogens is 366 g/mol. The summed E-state index contributed by atoms with van der Waals surface area (Å²) in [4.78, 5) is 12.5. The fraction of sp³-hybridized carbons (Fsp3) is 0.143. The van der Waals surface area contributed by atoms with Crippen LogP contribution in [0.2, 0.25) is 0 Å². The average Bonchev–Trinajstić information content (AvgIpc) is 3.24. The van der Waals surface area contributed by atoms with Crippen LogP contribution in [0.25, 0.3) is 11.8 Å². The van der Waals surface area contributed by atoms with Gasteiger partial charge in [-0.25, -0.2) is 13.5 Å². The monoisotopic (exact) mass is 382 g/mol. The van der Waals surface area contributed by atoms with Crippen LogP contribution in [0.5, 0.6) is 11.5 Å². The van der Waals surface area contributed by atoms with Gasteiger partial charge in [-0.15, -0.1) is 0 Å². The van der Waals surface area contributed by atoms with Crippen molar-refractivity contribution in [2.24, 2.45) is 0 Å². The van der Waals surface area contributed by atoms with Crippen molar-refractivity contribution in [3.8, 4) is 17.2 Å². The van der Waals surface area contributed by atoms with Gasteiger partial charge < -0.3 is 9.47 Å². The Kier molecular flexibility index (Phi) is 4.43. The lowest BCUT2D eigenvalue weighted by Gasteiger charge is -2.06. The van der Waals surface area contributed by atoms with Crippen molar-refractivity contribution in [3.63, 3.8) is 0 Å². The summed E-state index contributed by atoms with van der Waals surface area (Å²) < 4.78 is 39.2. The molecule has 1 aliphatic rings. The molecule has 5 nitrogen and oxygen atoms in total. The summed E-state index contributed by atoms with van der Waals surface area (Å²) in [6, 6.07) is 8.30. The molecule has 7 heteroatoms. The van der Waals surface area contributed by atoms with Gasteiger partial charge in [-0.2, -0.15) is 5.10 Å². The Hall–Kier alpha value is -3.48. The highest BCUT2D eigenvalue weighted by molar-refractivity contribution is 6.07. The van der Waals surface area contributed by atoms with E-state index in [1.54, 1.807) is 38.1 Å². The van der Waals surface area contributed by atoms with E-state index >= 15 is 0 Å². The Labute approximate surface area is 159 Å². The molecule has 0 aliphatic carbocycles. The molecule has 1 aliphatic heterocycles. The van der Waals surface area contributed by atoms with Gasteiger partial charge in [-0.1, -0.05) is 0 Å². The molecule has 0 saturated heterocycles. The Balaban J connectivity index is 1.63. The maximum atomic E-state index is 14.1. The molecule has 0 radical (unpaired) electrons. The van der Waals surface area contributed by atoms with Gasteiger partial charge in [-0.05, 0) is 56.3 Å². The minimum absolute atomic E-state index is 0.139. The lowest BCUT2D eigenvalue weighted by atomic mass is 10.1. The van der Waals surface area contributed by atoms with Crippen molar-refractivity contribution < 1.29 is 23.0 Å². The van der Waals surface area contributed by atoms with E-state index in [1.165, 1.54) is 22.9 Å². The third-order valence-electron chi connectivity index (χ3n) is 4.54. The molecule has 0 atom stereocenters. The maximum Gasteiger partial charge on any atom is 0.231 e. The summed E-state index contributed by atoms with van der Waals surface area (Å²) >= 11 is 0. The predicted octanol–water partition coefficient (Wildman–Crippen LogP) is 4.39. The molecule has 0 fully saturated rings. The van der Waals surface area contributed by atoms with E-state index in [1.807, 2.05) is 0 Å². The highest BCUT2D eigenvalue weighted by atomic mass is 19.1. The van der Waals surface area contributed by atoms with Crippen molar-refractivity contribution in [2.45, 2.75) is 13.8 Å². The van der Waals surface area contributed by atoms with E-state index in [-0.39, 0.29) is 18.3 Å². The molecule has 0 amide bonds. The maximum absolute atomic E-state index is 14.1. The third-order valence-corrected chi connectivity index (χ3v) is 4.54. The first kappa shape index (κ1) is 17.9. The molecule has 0 saturated carbocycles. The number of carbonyl (C=O) groups excluding carboxylic acids is 1. The molecule has 0 spiro atoms. The summed E-state index contributed by atoms with van der Waals surface area (Å²) in [5.74, 6) is -0.436. The van der Waals surface area contributed by atoms with Crippen LogP contribution in [0.1, 0.15) is 27.3 Å². The van der Waals surface area contributed by atoms with Crippen molar-refractivity contribution >= 4 is 11.9 Å². The number of aromatic nitrogens is 2. The van der Waals surface area contributed by atoms with E-state index in [2.05, 4.69) is 5.10 Å². The lowest BCUT2D eigenvalue weighted by Crippen LogP contribution is -2.02. The van der Waals surface area contributed by atoms with Crippen molar-refractivity contribution in [2.75, 3.05) is 6.79 Å². The SMILES string of the molecule is Cc1nn(-c2ccc(F)cc2F)c(C)c1/C=C/C(=O)c1ccc2c(c1)OCO2. The van der Waals surface area contributed by atoms with Gasteiger partial charge in [0.2, 0.25) is 6.79 Å². The topological polar surface area (TPSA) is 53.4 Å². The van der Waals surface area contributed by atoms with Crippen LogP contribution in [0.3, 0.4) is 0 Å². The van der Waals surface area contributed by atoms with E-state index < -0.39 is 11.6 Å². The number of halogens is 2.